The van der Waals surface area contributed by atoms with E-state index in [-0.39, 0.29) is 29.2 Å². The number of carbonyl (C=O) groups is 1. The van der Waals surface area contributed by atoms with E-state index in [4.69, 9.17) is 9.47 Å². The molecule has 7 heteroatoms. The second kappa shape index (κ2) is 6.73. The summed E-state index contributed by atoms with van der Waals surface area (Å²) >= 11 is 0. The standard InChI is InChI=1S/C20H25N3O4/c1-22-12-21-16-10-13(4-5-15(16)19(22)25)18(24)23-9-8-20(27-3)7-6-14(26-2)11-17(20)23/h4-5,10,12,14,17H,6-9,11H2,1-3H3/t14-,17+,20-/m1/s1. The summed E-state index contributed by atoms with van der Waals surface area (Å²) in [4.78, 5) is 31.7. The lowest BCUT2D eigenvalue weighted by molar-refractivity contribution is -0.0893. The molecule has 0 N–H and O–H groups in total. The van der Waals surface area contributed by atoms with Crippen molar-refractivity contribution < 1.29 is 14.3 Å². The van der Waals surface area contributed by atoms with Gasteiger partial charge >= 0.3 is 0 Å². The van der Waals surface area contributed by atoms with E-state index in [9.17, 15) is 9.59 Å². The van der Waals surface area contributed by atoms with Crippen LogP contribution in [-0.2, 0) is 16.5 Å². The molecule has 1 aromatic heterocycles. The third-order valence-corrected chi connectivity index (χ3v) is 6.30. The van der Waals surface area contributed by atoms with Crippen molar-refractivity contribution in [3.8, 4) is 0 Å². The van der Waals surface area contributed by atoms with Gasteiger partial charge in [-0.25, -0.2) is 4.98 Å². The Bertz CT molecular complexity index is 940. The van der Waals surface area contributed by atoms with Crippen molar-refractivity contribution in [2.45, 2.75) is 43.4 Å². The van der Waals surface area contributed by atoms with Crippen LogP contribution in [-0.4, -0.2) is 58.9 Å². The van der Waals surface area contributed by atoms with E-state index < -0.39 is 0 Å². The SMILES string of the molecule is CO[C@@H]1CC[C@@]2(OC)CCN(C(=O)c3ccc4c(=O)n(C)cnc4c3)[C@H]2C1. The number of hydrogen-bond acceptors (Lipinski definition) is 5. The number of carbonyl (C=O) groups excluding carboxylic acids is 1. The first-order valence-electron chi connectivity index (χ1n) is 9.33. The molecule has 0 unspecified atom stereocenters. The molecule has 2 aromatic rings. The molecule has 2 heterocycles. The molecule has 2 fully saturated rings. The van der Waals surface area contributed by atoms with Crippen molar-refractivity contribution in [1.82, 2.24) is 14.5 Å². The number of benzene rings is 1. The normalized spacial score (nSPS) is 27.7. The van der Waals surface area contributed by atoms with Gasteiger partial charge in [-0.15, -0.1) is 0 Å². The number of aryl methyl sites for hydroxylation is 1. The molecule has 7 nitrogen and oxygen atoms in total. The van der Waals surface area contributed by atoms with Gasteiger partial charge in [-0.3, -0.25) is 9.59 Å². The van der Waals surface area contributed by atoms with Crippen LogP contribution in [0.1, 0.15) is 36.0 Å². The smallest absolute Gasteiger partial charge is 0.260 e. The Labute approximate surface area is 157 Å². The maximum Gasteiger partial charge on any atom is 0.260 e. The van der Waals surface area contributed by atoms with Crippen molar-refractivity contribution in [3.05, 3.63) is 40.4 Å². The first kappa shape index (κ1) is 18.1. The van der Waals surface area contributed by atoms with Crippen LogP contribution in [0.2, 0.25) is 0 Å². The van der Waals surface area contributed by atoms with Gasteiger partial charge in [-0.1, -0.05) is 0 Å². The van der Waals surface area contributed by atoms with E-state index in [1.165, 1.54) is 10.9 Å². The van der Waals surface area contributed by atoms with Gasteiger partial charge in [0.15, 0.2) is 0 Å². The molecule has 0 spiro atoms. The lowest BCUT2D eigenvalue weighted by atomic mass is 9.79. The summed E-state index contributed by atoms with van der Waals surface area (Å²) in [6, 6.07) is 5.12. The average Bonchev–Trinajstić information content (AvgIpc) is 3.09. The largest absolute Gasteiger partial charge is 0.381 e. The van der Waals surface area contributed by atoms with E-state index >= 15 is 0 Å². The Morgan fingerprint density at radius 1 is 1.30 bits per heavy atom. The lowest BCUT2D eigenvalue weighted by Gasteiger charge is -2.43. The summed E-state index contributed by atoms with van der Waals surface area (Å²) in [5, 5.41) is 0.515. The molecule has 1 aromatic carbocycles. The van der Waals surface area contributed by atoms with Crippen molar-refractivity contribution in [1.29, 1.82) is 0 Å². The zero-order chi connectivity index (χ0) is 19.2. The molecule has 3 atom stereocenters. The molecular formula is C20H25N3O4. The molecule has 4 rings (SSSR count). The number of rotatable bonds is 3. The van der Waals surface area contributed by atoms with Crippen LogP contribution in [0, 0.1) is 0 Å². The summed E-state index contributed by atoms with van der Waals surface area (Å²) in [6.45, 7) is 0.662. The molecule has 1 aliphatic carbocycles. The third kappa shape index (κ3) is 2.85. The highest BCUT2D eigenvalue weighted by atomic mass is 16.5. The minimum absolute atomic E-state index is 0.000925. The van der Waals surface area contributed by atoms with Gasteiger partial charge in [0.1, 0.15) is 0 Å². The van der Waals surface area contributed by atoms with Gasteiger partial charge < -0.3 is 18.9 Å². The Kier molecular flexibility index (Phi) is 4.52. The summed E-state index contributed by atoms with van der Waals surface area (Å²) in [5.41, 5.74) is 0.693. The van der Waals surface area contributed by atoms with E-state index in [2.05, 4.69) is 4.98 Å². The predicted octanol–water partition coefficient (Wildman–Crippen LogP) is 1.73. The fourth-order valence-electron chi connectivity index (χ4n) is 4.63. The number of aromatic nitrogens is 2. The number of fused-ring (bicyclic) bond motifs is 2. The number of hydrogen-bond donors (Lipinski definition) is 0. The molecule has 1 aliphatic heterocycles. The Balaban J connectivity index is 1.67. The monoisotopic (exact) mass is 371 g/mol. The van der Waals surface area contributed by atoms with Crippen molar-refractivity contribution in [2.24, 2.45) is 7.05 Å². The molecule has 1 amide bonds. The van der Waals surface area contributed by atoms with E-state index in [0.717, 1.165) is 25.7 Å². The minimum atomic E-state index is -0.282. The average molecular weight is 371 g/mol. The molecule has 0 bridgehead atoms. The zero-order valence-electron chi connectivity index (χ0n) is 16.0. The topological polar surface area (TPSA) is 73.7 Å². The third-order valence-electron chi connectivity index (χ3n) is 6.30. The second-order valence-corrected chi connectivity index (χ2v) is 7.56. The fourth-order valence-corrected chi connectivity index (χ4v) is 4.63. The molecule has 0 radical (unpaired) electrons. The molecule has 1 saturated heterocycles. The van der Waals surface area contributed by atoms with Gasteiger partial charge in [0.05, 0.1) is 35.0 Å². The number of amides is 1. The first-order valence-corrected chi connectivity index (χ1v) is 9.33. The number of ether oxygens (including phenoxy) is 2. The molecule has 1 saturated carbocycles. The van der Waals surface area contributed by atoms with Gasteiger partial charge in [-0.05, 0) is 43.9 Å². The fraction of sp³-hybridized carbons (Fsp3) is 0.550. The van der Waals surface area contributed by atoms with Crippen LogP contribution in [0.3, 0.4) is 0 Å². The van der Waals surface area contributed by atoms with Gasteiger partial charge in [-0.2, -0.15) is 0 Å². The van der Waals surface area contributed by atoms with E-state index in [0.29, 0.717) is 23.0 Å². The highest BCUT2D eigenvalue weighted by Gasteiger charge is 2.52. The maximum absolute atomic E-state index is 13.3. The highest BCUT2D eigenvalue weighted by Crippen LogP contribution is 2.43. The Hall–Kier alpha value is -2.25. The molecule has 27 heavy (non-hydrogen) atoms. The first-order chi connectivity index (χ1) is 13.0. The van der Waals surface area contributed by atoms with Crippen LogP contribution in [0.25, 0.3) is 10.9 Å². The summed E-state index contributed by atoms with van der Waals surface area (Å²) < 4.78 is 12.9. The number of methoxy groups -OCH3 is 2. The predicted molar refractivity (Wildman–Crippen MR) is 101 cm³/mol. The number of likely N-dealkylation sites (tertiary alicyclic amines) is 1. The van der Waals surface area contributed by atoms with Crippen LogP contribution < -0.4 is 5.56 Å². The van der Waals surface area contributed by atoms with Gasteiger partial charge in [0.2, 0.25) is 0 Å². The Morgan fingerprint density at radius 3 is 2.85 bits per heavy atom. The quantitative estimate of drug-likeness (QED) is 0.822. The van der Waals surface area contributed by atoms with Crippen LogP contribution in [0.5, 0.6) is 0 Å². The summed E-state index contributed by atoms with van der Waals surface area (Å²) in [6.07, 6.45) is 5.09. The zero-order valence-corrected chi connectivity index (χ0v) is 16.0. The summed E-state index contributed by atoms with van der Waals surface area (Å²) in [7, 11) is 5.13. The highest BCUT2D eigenvalue weighted by molar-refractivity contribution is 5.98. The summed E-state index contributed by atoms with van der Waals surface area (Å²) in [5.74, 6) is -0.0416. The van der Waals surface area contributed by atoms with E-state index in [1.54, 1.807) is 39.5 Å². The van der Waals surface area contributed by atoms with Crippen molar-refractivity contribution in [2.75, 3.05) is 20.8 Å². The minimum Gasteiger partial charge on any atom is -0.381 e. The van der Waals surface area contributed by atoms with Crippen LogP contribution in [0.15, 0.2) is 29.3 Å². The van der Waals surface area contributed by atoms with Gasteiger partial charge in [0, 0.05) is 33.4 Å². The lowest BCUT2D eigenvalue weighted by Crippen LogP contribution is -2.53. The van der Waals surface area contributed by atoms with Crippen molar-refractivity contribution >= 4 is 16.8 Å². The van der Waals surface area contributed by atoms with Crippen LogP contribution in [0.4, 0.5) is 0 Å². The second-order valence-electron chi connectivity index (χ2n) is 7.56. The molecule has 2 aliphatic rings. The van der Waals surface area contributed by atoms with E-state index in [1.807, 2.05) is 4.90 Å². The maximum atomic E-state index is 13.3. The number of nitrogens with zero attached hydrogens (tertiary/aromatic N) is 3. The van der Waals surface area contributed by atoms with Gasteiger partial charge in [0.25, 0.3) is 11.5 Å². The van der Waals surface area contributed by atoms with Crippen LogP contribution >= 0.6 is 0 Å². The van der Waals surface area contributed by atoms with Crippen molar-refractivity contribution in [3.63, 3.8) is 0 Å². The Morgan fingerprint density at radius 2 is 2.11 bits per heavy atom. The molecular weight excluding hydrogens is 346 g/mol. The molecule has 144 valence electrons.